The normalized spacial score (nSPS) is 12.2. The first kappa shape index (κ1) is 22.1. The van der Waals surface area contributed by atoms with Crippen molar-refractivity contribution in [2.45, 2.75) is 24.3 Å². The van der Waals surface area contributed by atoms with Gasteiger partial charge in [-0.3, -0.25) is 4.79 Å². The summed E-state index contributed by atoms with van der Waals surface area (Å²) in [5, 5.41) is 0. The van der Waals surface area contributed by atoms with E-state index in [9.17, 15) is 18.0 Å². The number of carbonyl (C=O) groups is 2. The van der Waals surface area contributed by atoms with Gasteiger partial charge < -0.3 is 9.47 Å². The number of sulfonamides is 1. The Morgan fingerprint density at radius 3 is 2.21 bits per heavy atom. The molecule has 1 unspecified atom stereocenters. The minimum atomic E-state index is -3.95. The summed E-state index contributed by atoms with van der Waals surface area (Å²) in [5.74, 6) is -1.08. The van der Waals surface area contributed by atoms with Crippen LogP contribution in [0, 0.1) is 0 Å². The number of ether oxygens (including phenoxy) is 2. The van der Waals surface area contributed by atoms with Gasteiger partial charge in [0.1, 0.15) is 0 Å². The fourth-order valence-corrected chi connectivity index (χ4v) is 3.90. The first-order valence-corrected chi connectivity index (χ1v) is 10.7. The predicted molar refractivity (Wildman–Crippen MR) is 106 cm³/mol. The summed E-state index contributed by atoms with van der Waals surface area (Å²) in [6.45, 7) is 1.91. The molecule has 1 N–H and O–H groups in total. The molecule has 2 aromatic carbocycles. The van der Waals surface area contributed by atoms with Crippen molar-refractivity contribution in [3.05, 3.63) is 64.1 Å². The zero-order valence-corrected chi connectivity index (χ0v) is 17.7. The highest BCUT2D eigenvalue weighted by atomic mass is 79.9. The molecule has 0 aliphatic carbocycles. The topological polar surface area (TPSA) is 98.8 Å². The molecular weight excluding hydrogens is 450 g/mol. The highest BCUT2D eigenvalue weighted by molar-refractivity contribution is 9.10. The van der Waals surface area contributed by atoms with E-state index in [2.05, 4.69) is 25.4 Å². The minimum Gasteiger partial charge on any atom is -0.469 e. The first-order chi connectivity index (χ1) is 13.3. The lowest BCUT2D eigenvalue weighted by Gasteiger charge is -2.18. The van der Waals surface area contributed by atoms with E-state index >= 15 is 0 Å². The van der Waals surface area contributed by atoms with Crippen LogP contribution >= 0.6 is 15.9 Å². The van der Waals surface area contributed by atoms with E-state index in [1.807, 2.05) is 0 Å². The van der Waals surface area contributed by atoms with Gasteiger partial charge in [0.2, 0.25) is 10.0 Å². The Labute approximate surface area is 172 Å². The lowest BCUT2D eigenvalue weighted by Crippen LogP contribution is -2.30. The second-order valence-corrected chi connectivity index (χ2v) is 8.38. The molecule has 0 radical (unpaired) electrons. The highest BCUT2D eigenvalue weighted by Gasteiger charge is 2.24. The van der Waals surface area contributed by atoms with Gasteiger partial charge in [-0.1, -0.05) is 28.1 Å². The van der Waals surface area contributed by atoms with Crippen LogP contribution in [0.15, 0.2) is 57.9 Å². The number of hydrogen-bond donors (Lipinski definition) is 1. The SMILES string of the molecule is CCOC(=O)c1ccc(S(=O)(=O)NC(CC(=O)OC)c2ccc(Br)cc2)cc1. The zero-order chi connectivity index (χ0) is 20.7. The van der Waals surface area contributed by atoms with E-state index in [-0.39, 0.29) is 23.5 Å². The maximum absolute atomic E-state index is 12.8. The Bertz CT molecular complexity index is 926. The summed E-state index contributed by atoms with van der Waals surface area (Å²) >= 11 is 3.32. The van der Waals surface area contributed by atoms with Crippen molar-refractivity contribution >= 4 is 37.9 Å². The Kier molecular flexibility index (Phi) is 7.73. The van der Waals surface area contributed by atoms with E-state index in [4.69, 9.17) is 4.74 Å². The number of benzene rings is 2. The summed E-state index contributed by atoms with van der Waals surface area (Å²) < 4.78 is 38.4. The van der Waals surface area contributed by atoms with Crippen LogP contribution in [0.2, 0.25) is 0 Å². The van der Waals surface area contributed by atoms with Gasteiger partial charge in [-0.15, -0.1) is 0 Å². The summed E-state index contributed by atoms with van der Waals surface area (Å²) in [4.78, 5) is 23.4. The standard InChI is InChI=1S/C19H20BrNO6S/c1-3-27-19(23)14-6-10-16(11-7-14)28(24,25)21-17(12-18(22)26-2)13-4-8-15(20)9-5-13/h4-11,17,21H,3,12H2,1-2H3. The van der Waals surface area contributed by atoms with E-state index in [1.165, 1.54) is 31.4 Å². The molecule has 150 valence electrons. The van der Waals surface area contributed by atoms with Gasteiger partial charge in [0.05, 0.1) is 36.6 Å². The average molecular weight is 470 g/mol. The molecule has 0 saturated carbocycles. The number of nitrogens with one attached hydrogen (secondary N) is 1. The number of carbonyl (C=O) groups excluding carboxylic acids is 2. The highest BCUT2D eigenvalue weighted by Crippen LogP contribution is 2.23. The molecule has 0 saturated heterocycles. The number of rotatable bonds is 8. The molecule has 7 nitrogen and oxygen atoms in total. The van der Waals surface area contributed by atoms with Crippen LogP contribution in [0.5, 0.6) is 0 Å². The summed E-state index contributed by atoms with van der Waals surface area (Å²) in [7, 11) is -2.71. The lowest BCUT2D eigenvalue weighted by molar-refractivity contribution is -0.141. The quantitative estimate of drug-likeness (QED) is 0.595. The molecule has 0 amide bonds. The maximum Gasteiger partial charge on any atom is 0.338 e. The molecular formula is C19H20BrNO6S. The molecule has 28 heavy (non-hydrogen) atoms. The number of halogens is 1. The molecule has 2 rings (SSSR count). The van der Waals surface area contributed by atoms with Crippen LogP contribution in [0.4, 0.5) is 0 Å². The predicted octanol–water partition coefficient (Wildman–Crippen LogP) is 3.21. The molecule has 9 heteroatoms. The molecule has 0 fully saturated rings. The fourth-order valence-electron chi connectivity index (χ4n) is 2.41. The Balaban J connectivity index is 2.27. The van der Waals surface area contributed by atoms with Gasteiger partial charge in [0.15, 0.2) is 0 Å². The van der Waals surface area contributed by atoms with Crippen molar-refractivity contribution in [2.24, 2.45) is 0 Å². The van der Waals surface area contributed by atoms with Crippen molar-refractivity contribution in [1.82, 2.24) is 4.72 Å². The van der Waals surface area contributed by atoms with Crippen molar-refractivity contribution in [2.75, 3.05) is 13.7 Å². The molecule has 0 spiro atoms. The molecule has 0 bridgehead atoms. The summed E-state index contributed by atoms with van der Waals surface area (Å²) in [6.07, 6.45) is -0.168. The molecule has 2 aromatic rings. The fraction of sp³-hybridized carbons (Fsp3) is 0.263. The van der Waals surface area contributed by atoms with Crippen LogP contribution in [0.25, 0.3) is 0 Å². The van der Waals surface area contributed by atoms with Crippen molar-refractivity contribution in [1.29, 1.82) is 0 Å². The zero-order valence-electron chi connectivity index (χ0n) is 15.3. The van der Waals surface area contributed by atoms with Gasteiger partial charge in [-0.05, 0) is 48.9 Å². The van der Waals surface area contributed by atoms with Crippen LogP contribution in [-0.2, 0) is 24.3 Å². The minimum absolute atomic E-state index is 0.0347. The van der Waals surface area contributed by atoms with Gasteiger partial charge in [0.25, 0.3) is 0 Å². The lowest BCUT2D eigenvalue weighted by atomic mass is 10.1. The van der Waals surface area contributed by atoms with Crippen molar-refractivity contribution in [3.8, 4) is 0 Å². The third kappa shape index (κ3) is 5.88. The molecule has 0 heterocycles. The third-order valence-electron chi connectivity index (χ3n) is 3.84. The van der Waals surface area contributed by atoms with E-state index in [1.54, 1.807) is 31.2 Å². The molecule has 0 aliphatic heterocycles. The first-order valence-electron chi connectivity index (χ1n) is 8.38. The van der Waals surface area contributed by atoms with Gasteiger partial charge >= 0.3 is 11.9 Å². The van der Waals surface area contributed by atoms with Gasteiger partial charge in [-0.25, -0.2) is 17.9 Å². The van der Waals surface area contributed by atoms with E-state index in [0.717, 1.165) is 4.47 Å². The number of hydrogen-bond acceptors (Lipinski definition) is 6. The molecule has 0 aliphatic rings. The van der Waals surface area contributed by atoms with Crippen LogP contribution < -0.4 is 4.72 Å². The van der Waals surface area contributed by atoms with Gasteiger partial charge in [0, 0.05) is 4.47 Å². The smallest absolute Gasteiger partial charge is 0.338 e. The van der Waals surface area contributed by atoms with E-state index in [0.29, 0.717) is 5.56 Å². The van der Waals surface area contributed by atoms with Crippen molar-refractivity contribution in [3.63, 3.8) is 0 Å². The Morgan fingerprint density at radius 2 is 1.68 bits per heavy atom. The van der Waals surface area contributed by atoms with Crippen LogP contribution in [0.1, 0.15) is 35.3 Å². The van der Waals surface area contributed by atoms with Crippen LogP contribution in [-0.4, -0.2) is 34.1 Å². The second kappa shape index (κ2) is 9.81. The Morgan fingerprint density at radius 1 is 1.07 bits per heavy atom. The summed E-state index contributed by atoms with van der Waals surface area (Å²) in [5.41, 5.74) is 0.861. The number of esters is 2. The summed E-state index contributed by atoms with van der Waals surface area (Å²) in [6, 6.07) is 11.5. The van der Waals surface area contributed by atoms with Crippen molar-refractivity contribution < 1.29 is 27.5 Å². The third-order valence-corrected chi connectivity index (χ3v) is 5.86. The number of methoxy groups -OCH3 is 1. The molecule has 0 aromatic heterocycles. The average Bonchev–Trinajstić information content (AvgIpc) is 2.68. The van der Waals surface area contributed by atoms with Crippen LogP contribution in [0.3, 0.4) is 0 Å². The monoisotopic (exact) mass is 469 g/mol. The second-order valence-electron chi connectivity index (χ2n) is 5.75. The van der Waals surface area contributed by atoms with Gasteiger partial charge in [-0.2, -0.15) is 0 Å². The molecule has 1 atom stereocenters. The Hall–Kier alpha value is -2.23. The largest absolute Gasteiger partial charge is 0.469 e. The van der Waals surface area contributed by atoms with E-state index < -0.39 is 28.0 Å². The maximum atomic E-state index is 12.8.